The first-order chi connectivity index (χ1) is 12.3. The second-order valence-electron chi connectivity index (χ2n) is 6.71. The number of hydrogen-bond donors (Lipinski definition) is 0. The lowest BCUT2D eigenvalue weighted by atomic mass is 10.1. The zero-order valence-electron chi connectivity index (χ0n) is 15.7. The Balaban J connectivity index is 2.20. The van der Waals surface area contributed by atoms with E-state index in [-0.39, 0.29) is 11.9 Å². The lowest BCUT2D eigenvalue weighted by Crippen LogP contribution is -2.18. The minimum absolute atomic E-state index is 0.0865. The van der Waals surface area contributed by atoms with Gasteiger partial charge in [0.2, 0.25) is 0 Å². The van der Waals surface area contributed by atoms with Crippen molar-refractivity contribution in [3.8, 4) is 12.3 Å². The molecule has 6 heteroatoms. The Bertz CT molecular complexity index is 1110. The SMILES string of the molecule is C#CCn1c(=NC(=O)c2cc(C)nn2C(C)C)sc2cc(C)c(C)cc21. The van der Waals surface area contributed by atoms with E-state index in [0.29, 0.717) is 17.0 Å². The van der Waals surface area contributed by atoms with Gasteiger partial charge < -0.3 is 4.57 Å². The van der Waals surface area contributed by atoms with E-state index in [4.69, 9.17) is 6.42 Å². The van der Waals surface area contributed by atoms with Crippen molar-refractivity contribution in [2.75, 3.05) is 0 Å². The number of amides is 1. The molecule has 0 saturated heterocycles. The van der Waals surface area contributed by atoms with Crippen molar-refractivity contribution in [3.05, 3.63) is 45.5 Å². The van der Waals surface area contributed by atoms with Crippen LogP contribution in [-0.2, 0) is 6.54 Å². The van der Waals surface area contributed by atoms with Gasteiger partial charge in [0.15, 0.2) is 4.80 Å². The third-order valence-electron chi connectivity index (χ3n) is 4.31. The standard InChI is InChI=1S/C20H22N4OS/c1-7-8-23-16-9-13(4)14(5)10-18(16)26-20(23)21-19(25)17-11-15(6)22-24(17)12(2)3/h1,9-12H,8H2,2-6H3. The van der Waals surface area contributed by atoms with Crippen LogP contribution in [0.2, 0.25) is 0 Å². The number of benzene rings is 1. The normalized spacial score (nSPS) is 12.1. The molecule has 2 aromatic heterocycles. The molecule has 0 aliphatic carbocycles. The van der Waals surface area contributed by atoms with Crippen LogP contribution in [0.1, 0.15) is 47.2 Å². The third kappa shape index (κ3) is 3.23. The summed E-state index contributed by atoms with van der Waals surface area (Å²) in [5, 5.41) is 4.40. The fourth-order valence-electron chi connectivity index (χ4n) is 2.87. The highest BCUT2D eigenvalue weighted by atomic mass is 32.1. The van der Waals surface area contributed by atoms with Crippen LogP contribution >= 0.6 is 11.3 Å². The molecular weight excluding hydrogens is 344 g/mol. The van der Waals surface area contributed by atoms with Gasteiger partial charge in [-0.2, -0.15) is 10.1 Å². The fourth-order valence-corrected chi connectivity index (χ4v) is 3.97. The summed E-state index contributed by atoms with van der Waals surface area (Å²) in [7, 11) is 0. The molecule has 0 atom stereocenters. The second kappa shape index (κ2) is 6.93. The number of hydrogen-bond acceptors (Lipinski definition) is 3. The molecular formula is C20H22N4OS. The molecule has 2 heterocycles. The molecule has 5 nitrogen and oxygen atoms in total. The molecule has 3 rings (SSSR count). The van der Waals surface area contributed by atoms with Crippen molar-refractivity contribution in [2.24, 2.45) is 4.99 Å². The lowest BCUT2D eigenvalue weighted by Gasteiger charge is -2.08. The number of aryl methyl sites for hydroxylation is 3. The molecule has 0 spiro atoms. The van der Waals surface area contributed by atoms with E-state index in [2.05, 4.69) is 42.0 Å². The second-order valence-corrected chi connectivity index (χ2v) is 7.71. The summed E-state index contributed by atoms with van der Waals surface area (Å²) in [5.41, 5.74) is 4.70. The van der Waals surface area contributed by atoms with Gasteiger partial charge in [-0.1, -0.05) is 17.3 Å². The summed E-state index contributed by atoms with van der Waals surface area (Å²) in [6.07, 6.45) is 5.55. The predicted molar refractivity (Wildman–Crippen MR) is 105 cm³/mol. The van der Waals surface area contributed by atoms with E-state index < -0.39 is 0 Å². The topological polar surface area (TPSA) is 52.2 Å². The van der Waals surface area contributed by atoms with E-state index in [1.54, 1.807) is 10.7 Å². The first kappa shape index (κ1) is 18.2. The number of fused-ring (bicyclic) bond motifs is 1. The number of thiazole rings is 1. The Morgan fingerprint density at radius 3 is 2.62 bits per heavy atom. The summed E-state index contributed by atoms with van der Waals surface area (Å²) in [6, 6.07) is 6.08. The van der Waals surface area contributed by atoms with Crippen molar-refractivity contribution in [2.45, 2.75) is 47.2 Å². The lowest BCUT2D eigenvalue weighted by molar-refractivity contribution is 0.0986. The van der Waals surface area contributed by atoms with Gasteiger partial charge in [-0.25, -0.2) is 0 Å². The molecule has 3 aromatic rings. The van der Waals surface area contributed by atoms with Gasteiger partial charge >= 0.3 is 0 Å². The monoisotopic (exact) mass is 366 g/mol. The minimum Gasteiger partial charge on any atom is -0.305 e. The van der Waals surface area contributed by atoms with Gasteiger partial charge in [-0.3, -0.25) is 9.48 Å². The van der Waals surface area contributed by atoms with E-state index in [1.807, 2.05) is 25.3 Å². The molecule has 0 unspecified atom stereocenters. The van der Waals surface area contributed by atoms with Crippen molar-refractivity contribution in [1.82, 2.24) is 14.3 Å². The van der Waals surface area contributed by atoms with E-state index in [1.165, 1.54) is 22.5 Å². The van der Waals surface area contributed by atoms with Crippen LogP contribution in [0.3, 0.4) is 0 Å². The molecule has 134 valence electrons. The highest BCUT2D eigenvalue weighted by molar-refractivity contribution is 7.16. The Labute approximate surface area is 157 Å². The van der Waals surface area contributed by atoms with Crippen molar-refractivity contribution in [3.63, 3.8) is 0 Å². The average Bonchev–Trinajstić information content (AvgIpc) is 3.10. The van der Waals surface area contributed by atoms with Crippen LogP contribution < -0.4 is 4.80 Å². The molecule has 0 aliphatic rings. The Kier molecular flexibility index (Phi) is 4.84. The van der Waals surface area contributed by atoms with Crippen LogP contribution in [0.25, 0.3) is 10.2 Å². The molecule has 26 heavy (non-hydrogen) atoms. The third-order valence-corrected chi connectivity index (χ3v) is 5.35. The molecule has 1 aromatic carbocycles. The average molecular weight is 366 g/mol. The quantitative estimate of drug-likeness (QED) is 0.663. The summed E-state index contributed by atoms with van der Waals surface area (Å²) >= 11 is 1.48. The van der Waals surface area contributed by atoms with Crippen molar-refractivity contribution < 1.29 is 4.79 Å². The van der Waals surface area contributed by atoms with Crippen LogP contribution in [0, 0.1) is 33.1 Å². The van der Waals surface area contributed by atoms with Crippen molar-refractivity contribution in [1.29, 1.82) is 0 Å². The van der Waals surface area contributed by atoms with Gasteiger partial charge in [0.1, 0.15) is 5.69 Å². The molecule has 0 radical (unpaired) electrons. The summed E-state index contributed by atoms with van der Waals surface area (Å²) in [5.74, 6) is 2.36. The Morgan fingerprint density at radius 2 is 1.96 bits per heavy atom. The maximum absolute atomic E-state index is 12.8. The Morgan fingerprint density at radius 1 is 1.27 bits per heavy atom. The number of nitrogens with zero attached hydrogens (tertiary/aromatic N) is 4. The van der Waals surface area contributed by atoms with Gasteiger partial charge in [-0.05, 0) is 63.9 Å². The maximum Gasteiger partial charge on any atom is 0.297 e. The molecule has 0 bridgehead atoms. The summed E-state index contributed by atoms with van der Waals surface area (Å²) < 4.78 is 4.71. The van der Waals surface area contributed by atoms with Crippen LogP contribution in [-0.4, -0.2) is 20.3 Å². The minimum atomic E-state index is -0.301. The fraction of sp³-hybridized carbons (Fsp3) is 0.350. The molecule has 0 saturated carbocycles. The van der Waals surface area contributed by atoms with E-state index in [0.717, 1.165) is 15.9 Å². The number of carbonyl (C=O) groups is 1. The number of carbonyl (C=O) groups excluding carboxylic acids is 1. The van der Waals surface area contributed by atoms with Crippen LogP contribution in [0.4, 0.5) is 0 Å². The number of terminal acetylenes is 1. The van der Waals surface area contributed by atoms with Gasteiger partial charge in [0.25, 0.3) is 5.91 Å². The largest absolute Gasteiger partial charge is 0.305 e. The molecule has 0 N–H and O–H groups in total. The number of rotatable bonds is 3. The maximum atomic E-state index is 12.8. The molecule has 0 aliphatic heterocycles. The van der Waals surface area contributed by atoms with Crippen LogP contribution in [0.5, 0.6) is 0 Å². The summed E-state index contributed by atoms with van der Waals surface area (Å²) in [6.45, 7) is 10.4. The van der Waals surface area contributed by atoms with Crippen molar-refractivity contribution >= 4 is 27.5 Å². The zero-order chi connectivity index (χ0) is 19.0. The van der Waals surface area contributed by atoms with Gasteiger partial charge in [-0.15, -0.1) is 6.42 Å². The number of aromatic nitrogens is 3. The Hall–Kier alpha value is -2.65. The summed E-state index contributed by atoms with van der Waals surface area (Å²) in [4.78, 5) is 17.8. The predicted octanol–water partition coefficient (Wildman–Crippen LogP) is 3.78. The highest BCUT2D eigenvalue weighted by Crippen LogP contribution is 2.22. The smallest absolute Gasteiger partial charge is 0.297 e. The van der Waals surface area contributed by atoms with Crippen LogP contribution in [0.15, 0.2) is 23.2 Å². The van der Waals surface area contributed by atoms with E-state index in [9.17, 15) is 4.79 Å². The van der Waals surface area contributed by atoms with E-state index >= 15 is 0 Å². The first-order valence-electron chi connectivity index (χ1n) is 8.51. The van der Waals surface area contributed by atoms with Gasteiger partial charge in [0, 0.05) is 6.04 Å². The first-order valence-corrected chi connectivity index (χ1v) is 9.32. The van der Waals surface area contributed by atoms with Gasteiger partial charge in [0.05, 0.1) is 22.5 Å². The molecule has 0 fully saturated rings. The molecule has 1 amide bonds. The highest BCUT2D eigenvalue weighted by Gasteiger charge is 2.16. The zero-order valence-corrected chi connectivity index (χ0v) is 16.5.